The summed E-state index contributed by atoms with van der Waals surface area (Å²) >= 11 is 0. The van der Waals surface area contributed by atoms with E-state index < -0.39 is 0 Å². The molecule has 0 aromatic carbocycles. The van der Waals surface area contributed by atoms with E-state index in [9.17, 15) is 9.59 Å². The van der Waals surface area contributed by atoms with Crippen molar-refractivity contribution in [1.82, 2.24) is 15.0 Å². The minimum Gasteiger partial charge on any atom is -0.281 e. The Bertz CT molecular complexity index is 371. The van der Waals surface area contributed by atoms with Crippen LogP contribution in [-0.2, 0) is 11.8 Å². The number of anilines is 1. The first-order valence-electron chi connectivity index (χ1n) is 3.65. The van der Waals surface area contributed by atoms with Crippen molar-refractivity contribution in [3.63, 3.8) is 0 Å². The molecule has 6 heteroatoms. The normalized spacial score (nSPS) is 9.38. The predicted octanol–water partition coefficient (Wildman–Crippen LogP) is -0.838. The molecule has 0 fully saturated rings. The monoisotopic (exact) mass is 182 g/mol. The number of hydrazine groups is 1. The summed E-state index contributed by atoms with van der Waals surface area (Å²) in [6, 6.07) is 1.41. The van der Waals surface area contributed by atoms with Crippen molar-refractivity contribution >= 4 is 12.4 Å². The Labute approximate surface area is 74.6 Å². The molecule has 1 amide bonds. The summed E-state index contributed by atoms with van der Waals surface area (Å²) in [4.78, 5) is 25.2. The van der Waals surface area contributed by atoms with Gasteiger partial charge in [0.25, 0.3) is 5.56 Å². The molecule has 1 aromatic rings. The van der Waals surface area contributed by atoms with Crippen LogP contribution in [0.5, 0.6) is 0 Å². The van der Waals surface area contributed by atoms with E-state index in [1.165, 1.54) is 10.6 Å². The summed E-state index contributed by atoms with van der Waals surface area (Å²) in [5.74, 6) is 0.303. The number of nitrogens with one attached hydrogen (secondary N) is 2. The van der Waals surface area contributed by atoms with E-state index in [2.05, 4.69) is 15.8 Å². The first-order valence-corrected chi connectivity index (χ1v) is 3.65. The Morgan fingerprint density at radius 3 is 2.92 bits per heavy atom. The molecule has 0 saturated carbocycles. The van der Waals surface area contributed by atoms with E-state index in [0.29, 0.717) is 18.1 Å². The van der Waals surface area contributed by atoms with Crippen molar-refractivity contribution in [1.29, 1.82) is 0 Å². The highest BCUT2D eigenvalue weighted by Crippen LogP contribution is 1.96. The Kier molecular flexibility index (Phi) is 2.63. The first kappa shape index (κ1) is 9.24. The number of amides is 1. The molecule has 13 heavy (non-hydrogen) atoms. The number of aryl methyl sites for hydroxylation is 1. The highest BCUT2D eigenvalue weighted by molar-refractivity contribution is 5.49. The van der Waals surface area contributed by atoms with Crippen LogP contribution in [0, 0.1) is 6.92 Å². The average molecular weight is 182 g/mol. The van der Waals surface area contributed by atoms with Crippen molar-refractivity contribution in [3.8, 4) is 0 Å². The summed E-state index contributed by atoms with van der Waals surface area (Å²) < 4.78 is 1.30. The zero-order valence-electron chi connectivity index (χ0n) is 7.37. The van der Waals surface area contributed by atoms with Gasteiger partial charge in [0.15, 0.2) is 0 Å². The van der Waals surface area contributed by atoms with Crippen molar-refractivity contribution in [3.05, 3.63) is 22.1 Å². The van der Waals surface area contributed by atoms with Gasteiger partial charge in [-0.1, -0.05) is 0 Å². The van der Waals surface area contributed by atoms with Gasteiger partial charge in [0.05, 0.1) is 0 Å². The zero-order chi connectivity index (χ0) is 9.84. The smallest absolute Gasteiger partial charge is 0.254 e. The molecule has 0 radical (unpaired) electrons. The minimum absolute atomic E-state index is 0.178. The van der Waals surface area contributed by atoms with Gasteiger partial charge in [-0.25, -0.2) is 4.98 Å². The van der Waals surface area contributed by atoms with Gasteiger partial charge in [-0.2, -0.15) is 0 Å². The second-order valence-corrected chi connectivity index (χ2v) is 2.51. The van der Waals surface area contributed by atoms with E-state index >= 15 is 0 Å². The molecular weight excluding hydrogens is 172 g/mol. The number of hydrogen-bond donors (Lipinski definition) is 2. The fourth-order valence-corrected chi connectivity index (χ4v) is 0.860. The van der Waals surface area contributed by atoms with E-state index in [4.69, 9.17) is 0 Å². The fourth-order valence-electron chi connectivity index (χ4n) is 0.860. The number of hydrogen-bond acceptors (Lipinski definition) is 4. The lowest BCUT2D eigenvalue weighted by atomic mass is 10.4. The highest BCUT2D eigenvalue weighted by Gasteiger charge is 2.00. The van der Waals surface area contributed by atoms with Gasteiger partial charge in [0.2, 0.25) is 12.4 Å². The van der Waals surface area contributed by atoms with Crippen LogP contribution in [0.4, 0.5) is 5.95 Å². The average Bonchev–Trinajstić information content (AvgIpc) is 2.09. The molecular formula is C7H10N4O2. The maximum atomic E-state index is 11.2. The molecule has 0 aliphatic rings. The number of nitrogens with zero attached hydrogens (tertiary/aromatic N) is 2. The highest BCUT2D eigenvalue weighted by atomic mass is 16.1. The van der Waals surface area contributed by atoms with E-state index in [1.807, 2.05) is 0 Å². The molecule has 0 saturated heterocycles. The number of rotatable bonds is 3. The van der Waals surface area contributed by atoms with Crippen LogP contribution in [0.2, 0.25) is 0 Å². The third-order valence-electron chi connectivity index (χ3n) is 1.51. The van der Waals surface area contributed by atoms with E-state index in [-0.39, 0.29) is 5.56 Å². The number of carbonyl (C=O) groups excluding carboxylic acids is 1. The minimum atomic E-state index is -0.178. The lowest BCUT2D eigenvalue weighted by molar-refractivity contribution is -0.109. The molecule has 1 heterocycles. The predicted molar refractivity (Wildman–Crippen MR) is 47.0 cm³/mol. The Morgan fingerprint density at radius 2 is 2.31 bits per heavy atom. The molecule has 0 aliphatic heterocycles. The van der Waals surface area contributed by atoms with Crippen LogP contribution in [0.25, 0.3) is 0 Å². The van der Waals surface area contributed by atoms with Crippen molar-refractivity contribution in [2.24, 2.45) is 7.05 Å². The van der Waals surface area contributed by atoms with Crippen LogP contribution in [0.1, 0.15) is 5.69 Å². The topological polar surface area (TPSA) is 76.0 Å². The summed E-state index contributed by atoms with van der Waals surface area (Å²) in [6.07, 6.45) is 0.467. The molecule has 0 bridgehead atoms. The number of carbonyl (C=O) groups is 1. The van der Waals surface area contributed by atoms with Crippen molar-refractivity contribution in [2.75, 3.05) is 5.43 Å². The molecule has 0 aliphatic carbocycles. The van der Waals surface area contributed by atoms with E-state index in [1.54, 1.807) is 14.0 Å². The van der Waals surface area contributed by atoms with E-state index in [0.717, 1.165) is 0 Å². The van der Waals surface area contributed by atoms with Gasteiger partial charge in [-0.05, 0) is 6.92 Å². The van der Waals surface area contributed by atoms with Crippen LogP contribution in [-0.4, -0.2) is 16.0 Å². The van der Waals surface area contributed by atoms with Gasteiger partial charge >= 0.3 is 0 Å². The third-order valence-corrected chi connectivity index (χ3v) is 1.51. The van der Waals surface area contributed by atoms with Gasteiger partial charge in [0, 0.05) is 18.8 Å². The third kappa shape index (κ3) is 2.05. The fraction of sp³-hybridized carbons (Fsp3) is 0.286. The Morgan fingerprint density at radius 1 is 1.62 bits per heavy atom. The summed E-state index contributed by atoms with van der Waals surface area (Å²) in [7, 11) is 1.56. The summed E-state index contributed by atoms with van der Waals surface area (Å²) in [5, 5.41) is 0. The Hall–Kier alpha value is -1.85. The number of aromatic nitrogens is 2. The molecule has 6 nitrogen and oxygen atoms in total. The molecule has 1 aromatic heterocycles. The van der Waals surface area contributed by atoms with Gasteiger partial charge in [-0.3, -0.25) is 25.0 Å². The summed E-state index contributed by atoms with van der Waals surface area (Å²) in [5.41, 5.74) is 5.10. The second-order valence-electron chi connectivity index (χ2n) is 2.51. The molecule has 2 N–H and O–H groups in total. The maximum absolute atomic E-state index is 11.2. The summed E-state index contributed by atoms with van der Waals surface area (Å²) in [6.45, 7) is 1.70. The maximum Gasteiger partial charge on any atom is 0.254 e. The van der Waals surface area contributed by atoms with Crippen LogP contribution in [0.3, 0.4) is 0 Å². The van der Waals surface area contributed by atoms with Crippen LogP contribution >= 0.6 is 0 Å². The molecule has 70 valence electrons. The van der Waals surface area contributed by atoms with Gasteiger partial charge in [0.1, 0.15) is 0 Å². The zero-order valence-corrected chi connectivity index (χ0v) is 7.37. The molecule has 1 rings (SSSR count). The molecule has 0 unspecified atom stereocenters. The molecule has 0 spiro atoms. The standard InChI is InChI=1S/C7H10N4O2/c1-5-3-6(13)11(2)7(9-5)10-8-4-12/h3-4H,1-2H3,(H,8,12)(H,9,10). The van der Waals surface area contributed by atoms with Crippen LogP contribution in [0.15, 0.2) is 10.9 Å². The van der Waals surface area contributed by atoms with Gasteiger partial charge in [-0.15, -0.1) is 0 Å². The largest absolute Gasteiger partial charge is 0.281 e. The van der Waals surface area contributed by atoms with Crippen LogP contribution < -0.4 is 16.4 Å². The quantitative estimate of drug-likeness (QED) is 0.472. The second kappa shape index (κ2) is 3.70. The van der Waals surface area contributed by atoms with Gasteiger partial charge < -0.3 is 0 Å². The van der Waals surface area contributed by atoms with Crippen molar-refractivity contribution in [2.45, 2.75) is 6.92 Å². The molecule has 0 atom stereocenters. The SMILES string of the molecule is Cc1cc(=O)n(C)c(NNC=O)n1. The lowest BCUT2D eigenvalue weighted by Gasteiger charge is -2.07. The Balaban J connectivity index is 3.05. The lowest BCUT2D eigenvalue weighted by Crippen LogP contribution is -2.28. The van der Waals surface area contributed by atoms with Crippen molar-refractivity contribution < 1.29 is 4.79 Å². The first-order chi connectivity index (χ1) is 6.15.